The lowest BCUT2D eigenvalue weighted by Gasteiger charge is -2.37. The number of nitrogens with zero attached hydrogens (tertiary/aromatic N) is 2. The summed E-state index contributed by atoms with van der Waals surface area (Å²) in [7, 11) is 0. The van der Waals surface area contributed by atoms with E-state index in [4.69, 9.17) is 16.3 Å². The maximum atomic E-state index is 12.1. The molecule has 1 amide bonds. The summed E-state index contributed by atoms with van der Waals surface area (Å²) in [5, 5.41) is 9.97. The fourth-order valence-electron chi connectivity index (χ4n) is 2.45. The van der Waals surface area contributed by atoms with Crippen molar-refractivity contribution in [2.45, 2.75) is 33.3 Å². The number of aryl methyl sites for hydroxylation is 1. The van der Waals surface area contributed by atoms with Gasteiger partial charge in [-0.05, 0) is 45.4 Å². The summed E-state index contributed by atoms with van der Waals surface area (Å²) in [5.41, 5.74) is 1.48. The van der Waals surface area contributed by atoms with Crippen LogP contribution in [0.5, 0.6) is 5.75 Å². The molecule has 5 nitrogen and oxygen atoms in total. The zero-order valence-electron chi connectivity index (χ0n) is 13.5. The van der Waals surface area contributed by atoms with Gasteiger partial charge in [-0.15, -0.1) is 0 Å². The molecule has 0 unspecified atom stereocenters. The second-order valence-electron chi connectivity index (χ2n) is 6.54. The number of carbonyl (C=O) groups is 1. The van der Waals surface area contributed by atoms with E-state index in [0.29, 0.717) is 31.2 Å². The van der Waals surface area contributed by atoms with Crippen LogP contribution in [-0.4, -0.2) is 47.9 Å². The number of piperazine rings is 1. The van der Waals surface area contributed by atoms with E-state index in [1.54, 1.807) is 17.0 Å². The van der Waals surface area contributed by atoms with Gasteiger partial charge in [0.05, 0.1) is 5.02 Å². The van der Waals surface area contributed by atoms with Gasteiger partial charge in [0.2, 0.25) is 0 Å². The maximum absolute atomic E-state index is 12.1. The van der Waals surface area contributed by atoms with Crippen LogP contribution in [0.25, 0.3) is 0 Å². The van der Waals surface area contributed by atoms with Crippen molar-refractivity contribution in [3.05, 3.63) is 22.7 Å². The third kappa shape index (κ3) is 3.97. The number of ether oxygens (including phenoxy) is 1. The molecule has 0 aromatic heterocycles. The summed E-state index contributed by atoms with van der Waals surface area (Å²) in [6.07, 6.45) is -0.271. The summed E-state index contributed by atoms with van der Waals surface area (Å²) in [6, 6.07) is 3.44. The number of amides is 1. The number of hydrogen-bond acceptors (Lipinski definition) is 4. The number of carbonyl (C=O) groups excluding carboxylic acids is 1. The van der Waals surface area contributed by atoms with Gasteiger partial charge in [0.25, 0.3) is 0 Å². The van der Waals surface area contributed by atoms with Crippen molar-refractivity contribution in [2.75, 3.05) is 31.1 Å². The minimum atomic E-state index is -0.477. The molecule has 0 aliphatic carbocycles. The SMILES string of the molecule is Cc1cc(O)c(Cl)cc1N1CCN(C(=O)OC(C)(C)C)CC1. The largest absolute Gasteiger partial charge is 0.506 e. The van der Waals surface area contributed by atoms with E-state index < -0.39 is 5.60 Å². The zero-order valence-corrected chi connectivity index (χ0v) is 14.3. The Hall–Kier alpha value is -1.62. The normalized spacial score (nSPS) is 15.9. The van der Waals surface area contributed by atoms with Crippen LogP contribution in [0, 0.1) is 6.92 Å². The molecule has 0 bridgehead atoms. The van der Waals surface area contributed by atoms with Crippen LogP contribution in [0.1, 0.15) is 26.3 Å². The van der Waals surface area contributed by atoms with E-state index in [1.165, 1.54) is 0 Å². The van der Waals surface area contributed by atoms with Crippen molar-refractivity contribution in [3.8, 4) is 5.75 Å². The van der Waals surface area contributed by atoms with Gasteiger partial charge in [-0.3, -0.25) is 0 Å². The first-order valence-electron chi connectivity index (χ1n) is 7.39. The summed E-state index contributed by atoms with van der Waals surface area (Å²) in [4.78, 5) is 15.9. The molecule has 122 valence electrons. The Labute approximate surface area is 136 Å². The van der Waals surface area contributed by atoms with Gasteiger partial charge in [0, 0.05) is 31.9 Å². The predicted octanol–water partition coefficient (Wildman–Crippen LogP) is 3.41. The van der Waals surface area contributed by atoms with Crippen LogP contribution in [0.4, 0.5) is 10.5 Å². The molecule has 0 atom stereocenters. The molecule has 1 aromatic carbocycles. The molecule has 0 radical (unpaired) electrons. The zero-order chi connectivity index (χ0) is 16.5. The molecule has 1 saturated heterocycles. The molecule has 1 aliphatic heterocycles. The average molecular weight is 327 g/mol. The van der Waals surface area contributed by atoms with Gasteiger partial charge in [-0.2, -0.15) is 0 Å². The van der Waals surface area contributed by atoms with Crippen molar-refractivity contribution in [2.24, 2.45) is 0 Å². The number of anilines is 1. The molecule has 0 spiro atoms. The van der Waals surface area contributed by atoms with Crippen LogP contribution in [0.15, 0.2) is 12.1 Å². The summed E-state index contributed by atoms with van der Waals surface area (Å²) in [5.74, 6) is 0.0929. The Morgan fingerprint density at radius 3 is 2.36 bits per heavy atom. The Bertz CT molecular complexity index is 561. The second kappa shape index (κ2) is 6.24. The van der Waals surface area contributed by atoms with Gasteiger partial charge in [-0.1, -0.05) is 11.6 Å². The van der Waals surface area contributed by atoms with Crippen LogP contribution < -0.4 is 4.90 Å². The second-order valence-corrected chi connectivity index (χ2v) is 6.95. The monoisotopic (exact) mass is 326 g/mol. The van der Waals surface area contributed by atoms with Crippen molar-refractivity contribution in [1.29, 1.82) is 0 Å². The van der Waals surface area contributed by atoms with Crippen LogP contribution in [0.2, 0.25) is 5.02 Å². The first-order valence-corrected chi connectivity index (χ1v) is 7.77. The lowest BCUT2D eigenvalue weighted by molar-refractivity contribution is 0.0240. The smallest absolute Gasteiger partial charge is 0.410 e. The van der Waals surface area contributed by atoms with Gasteiger partial charge >= 0.3 is 6.09 Å². The Morgan fingerprint density at radius 1 is 1.23 bits per heavy atom. The van der Waals surface area contributed by atoms with Crippen molar-refractivity contribution >= 4 is 23.4 Å². The molecule has 1 aromatic rings. The Kier molecular flexibility index (Phi) is 4.75. The maximum Gasteiger partial charge on any atom is 0.410 e. The van der Waals surface area contributed by atoms with Gasteiger partial charge in [0.1, 0.15) is 11.4 Å². The number of benzene rings is 1. The first kappa shape index (κ1) is 16.7. The first-order chi connectivity index (χ1) is 10.2. The molecular weight excluding hydrogens is 304 g/mol. The van der Waals surface area contributed by atoms with Crippen molar-refractivity contribution < 1.29 is 14.6 Å². The number of hydrogen-bond donors (Lipinski definition) is 1. The van der Waals surface area contributed by atoms with Gasteiger partial charge in [-0.25, -0.2) is 4.79 Å². The summed E-state index contributed by atoms with van der Waals surface area (Å²) >= 11 is 6.00. The van der Waals surface area contributed by atoms with E-state index in [2.05, 4.69) is 4.90 Å². The minimum absolute atomic E-state index is 0.0929. The van der Waals surface area contributed by atoms with E-state index in [9.17, 15) is 9.90 Å². The molecule has 1 fully saturated rings. The number of phenolic OH excluding ortho intramolecular Hbond substituents is 1. The summed E-state index contributed by atoms with van der Waals surface area (Å²) in [6.45, 7) is 10.2. The number of halogens is 1. The molecule has 6 heteroatoms. The van der Waals surface area contributed by atoms with Crippen LogP contribution in [0.3, 0.4) is 0 Å². The lowest BCUT2D eigenvalue weighted by Crippen LogP contribution is -2.50. The van der Waals surface area contributed by atoms with Crippen molar-refractivity contribution in [3.63, 3.8) is 0 Å². The number of phenols is 1. The molecule has 2 rings (SSSR count). The van der Waals surface area contributed by atoms with E-state index in [-0.39, 0.29) is 11.8 Å². The van der Waals surface area contributed by atoms with Crippen LogP contribution >= 0.6 is 11.6 Å². The van der Waals surface area contributed by atoms with Crippen molar-refractivity contribution in [1.82, 2.24) is 4.90 Å². The van der Waals surface area contributed by atoms with Gasteiger partial charge in [0.15, 0.2) is 0 Å². The van der Waals surface area contributed by atoms with Crippen LogP contribution in [-0.2, 0) is 4.74 Å². The predicted molar refractivity (Wildman–Crippen MR) is 87.9 cm³/mol. The summed E-state index contributed by atoms with van der Waals surface area (Å²) < 4.78 is 5.39. The van der Waals surface area contributed by atoms with Gasteiger partial charge < -0.3 is 19.6 Å². The highest BCUT2D eigenvalue weighted by molar-refractivity contribution is 6.32. The minimum Gasteiger partial charge on any atom is -0.506 e. The number of rotatable bonds is 1. The average Bonchev–Trinajstić information content (AvgIpc) is 2.41. The quantitative estimate of drug-likeness (QED) is 0.859. The van der Waals surface area contributed by atoms with E-state index >= 15 is 0 Å². The molecular formula is C16H23ClN2O3. The lowest BCUT2D eigenvalue weighted by atomic mass is 10.1. The highest BCUT2D eigenvalue weighted by Crippen LogP contribution is 2.32. The molecule has 1 aliphatic rings. The molecule has 0 saturated carbocycles. The fourth-order valence-corrected chi connectivity index (χ4v) is 2.61. The Balaban J connectivity index is 2.01. The molecule has 1 N–H and O–H groups in total. The van der Waals surface area contributed by atoms with E-state index in [0.717, 1.165) is 11.3 Å². The Morgan fingerprint density at radius 2 is 1.82 bits per heavy atom. The topological polar surface area (TPSA) is 53.0 Å². The number of aromatic hydroxyl groups is 1. The molecule has 22 heavy (non-hydrogen) atoms. The van der Waals surface area contributed by atoms with E-state index in [1.807, 2.05) is 27.7 Å². The molecule has 1 heterocycles. The highest BCUT2D eigenvalue weighted by atomic mass is 35.5. The third-order valence-electron chi connectivity index (χ3n) is 3.54. The third-order valence-corrected chi connectivity index (χ3v) is 3.84. The standard InChI is InChI=1S/C16H23ClN2O3/c1-11-9-14(20)12(17)10-13(11)18-5-7-19(8-6-18)15(21)22-16(2,3)4/h9-10,20H,5-8H2,1-4H3. The highest BCUT2D eigenvalue weighted by Gasteiger charge is 2.26. The fraction of sp³-hybridized carbons (Fsp3) is 0.562.